The number of carbonyl (C=O) groups is 1. The summed E-state index contributed by atoms with van der Waals surface area (Å²) in [5.41, 5.74) is -0.453. The van der Waals surface area contributed by atoms with Crippen molar-refractivity contribution >= 4 is 22.0 Å². The van der Waals surface area contributed by atoms with Crippen molar-refractivity contribution in [3.8, 4) is 0 Å². The number of nitrogens with one attached hydrogen (secondary N) is 1. The number of piperidine rings is 1. The molecular formula is C16H25BrN2O3. The highest BCUT2D eigenvalue weighted by Crippen LogP contribution is 2.22. The topological polar surface area (TPSA) is 54.7 Å². The van der Waals surface area contributed by atoms with Crippen LogP contribution in [0.1, 0.15) is 52.3 Å². The number of halogens is 1. The fourth-order valence-electron chi connectivity index (χ4n) is 2.60. The van der Waals surface area contributed by atoms with Crippen LogP contribution in [-0.4, -0.2) is 35.7 Å². The molecule has 0 radical (unpaired) electrons. The Morgan fingerprint density at radius 1 is 1.50 bits per heavy atom. The van der Waals surface area contributed by atoms with E-state index in [-0.39, 0.29) is 18.2 Å². The van der Waals surface area contributed by atoms with Gasteiger partial charge in [0, 0.05) is 19.1 Å². The van der Waals surface area contributed by atoms with E-state index in [1.165, 1.54) is 0 Å². The molecule has 2 rings (SSSR count). The van der Waals surface area contributed by atoms with E-state index in [1.807, 2.05) is 32.9 Å². The smallest absolute Gasteiger partial charge is 0.410 e. The highest BCUT2D eigenvalue weighted by atomic mass is 79.9. The van der Waals surface area contributed by atoms with E-state index in [1.54, 1.807) is 4.90 Å². The van der Waals surface area contributed by atoms with Gasteiger partial charge < -0.3 is 19.4 Å². The molecule has 2 heterocycles. The molecule has 124 valence electrons. The lowest BCUT2D eigenvalue weighted by molar-refractivity contribution is 0.0183. The molecule has 2 atom stereocenters. The van der Waals surface area contributed by atoms with Crippen molar-refractivity contribution in [1.82, 2.24) is 10.2 Å². The maximum atomic E-state index is 12.2. The predicted octanol–water partition coefficient (Wildman–Crippen LogP) is 4.09. The fraction of sp³-hybridized carbons (Fsp3) is 0.688. The first-order chi connectivity index (χ1) is 10.2. The average Bonchev–Trinajstić information content (AvgIpc) is 2.84. The van der Waals surface area contributed by atoms with E-state index in [0.717, 1.165) is 29.8 Å². The molecule has 1 aromatic heterocycles. The van der Waals surface area contributed by atoms with Gasteiger partial charge in [0.25, 0.3) is 0 Å². The maximum absolute atomic E-state index is 12.2. The summed E-state index contributed by atoms with van der Waals surface area (Å²) in [5.74, 6) is 0.890. The minimum Gasteiger partial charge on any atom is -0.453 e. The summed E-state index contributed by atoms with van der Waals surface area (Å²) >= 11 is 3.32. The van der Waals surface area contributed by atoms with Gasteiger partial charge in [-0.05, 0) is 68.6 Å². The number of amides is 1. The summed E-state index contributed by atoms with van der Waals surface area (Å²) < 4.78 is 11.8. The minimum atomic E-state index is -0.453. The lowest BCUT2D eigenvalue weighted by Crippen LogP contribution is -2.49. The largest absolute Gasteiger partial charge is 0.453 e. The molecule has 22 heavy (non-hydrogen) atoms. The fourth-order valence-corrected chi connectivity index (χ4v) is 2.92. The summed E-state index contributed by atoms with van der Waals surface area (Å²) in [6, 6.07) is 4.20. The van der Waals surface area contributed by atoms with Crippen LogP contribution in [-0.2, 0) is 4.74 Å². The quantitative estimate of drug-likeness (QED) is 0.867. The van der Waals surface area contributed by atoms with E-state index >= 15 is 0 Å². The number of furan rings is 1. The van der Waals surface area contributed by atoms with Crippen LogP contribution >= 0.6 is 15.9 Å². The predicted molar refractivity (Wildman–Crippen MR) is 88.8 cm³/mol. The zero-order valence-electron chi connectivity index (χ0n) is 13.7. The van der Waals surface area contributed by atoms with Gasteiger partial charge in [-0.2, -0.15) is 0 Å². The summed E-state index contributed by atoms with van der Waals surface area (Å²) in [4.78, 5) is 14.0. The van der Waals surface area contributed by atoms with Gasteiger partial charge in [-0.3, -0.25) is 0 Å². The molecule has 2 unspecified atom stereocenters. The van der Waals surface area contributed by atoms with Crippen molar-refractivity contribution in [3.05, 3.63) is 22.6 Å². The van der Waals surface area contributed by atoms with Gasteiger partial charge in [0.2, 0.25) is 0 Å². The molecule has 1 aliphatic heterocycles. The van der Waals surface area contributed by atoms with Gasteiger partial charge in [0.05, 0.1) is 6.04 Å². The van der Waals surface area contributed by atoms with E-state index in [0.29, 0.717) is 6.54 Å². The highest BCUT2D eigenvalue weighted by molar-refractivity contribution is 9.10. The first-order valence-corrected chi connectivity index (χ1v) is 8.53. The molecule has 1 fully saturated rings. The van der Waals surface area contributed by atoms with E-state index in [4.69, 9.17) is 9.15 Å². The number of ether oxygens (including phenoxy) is 1. The van der Waals surface area contributed by atoms with E-state index in [9.17, 15) is 4.79 Å². The van der Waals surface area contributed by atoms with Gasteiger partial charge in [0.15, 0.2) is 4.67 Å². The Morgan fingerprint density at radius 3 is 2.82 bits per heavy atom. The zero-order chi connectivity index (χ0) is 16.3. The molecule has 6 heteroatoms. The van der Waals surface area contributed by atoms with Crippen molar-refractivity contribution in [2.45, 2.75) is 58.2 Å². The Balaban J connectivity index is 1.89. The van der Waals surface area contributed by atoms with Crippen LogP contribution in [0.4, 0.5) is 4.79 Å². The van der Waals surface area contributed by atoms with Crippen LogP contribution in [0.15, 0.2) is 21.2 Å². The van der Waals surface area contributed by atoms with Gasteiger partial charge in [-0.1, -0.05) is 0 Å². The molecule has 1 aromatic rings. The molecule has 1 aliphatic rings. The van der Waals surface area contributed by atoms with Gasteiger partial charge >= 0.3 is 6.09 Å². The van der Waals surface area contributed by atoms with Crippen LogP contribution in [0, 0.1) is 0 Å². The van der Waals surface area contributed by atoms with Crippen molar-refractivity contribution in [2.24, 2.45) is 0 Å². The second-order valence-corrected chi connectivity index (χ2v) is 7.58. The van der Waals surface area contributed by atoms with Crippen LogP contribution in [0.2, 0.25) is 0 Å². The van der Waals surface area contributed by atoms with Crippen LogP contribution in [0.3, 0.4) is 0 Å². The Hall–Kier alpha value is -1.01. The van der Waals surface area contributed by atoms with Gasteiger partial charge in [-0.15, -0.1) is 0 Å². The van der Waals surface area contributed by atoms with E-state index < -0.39 is 5.60 Å². The summed E-state index contributed by atoms with van der Waals surface area (Å²) in [6.07, 6.45) is 1.80. The molecule has 0 saturated carbocycles. The van der Waals surface area contributed by atoms with Gasteiger partial charge in [0.1, 0.15) is 11.4 Å². The number of hydrogen-bond donors (Lipinski definition) is 1. The summed E-state index contributed by atoms with van der Waals surface area (Å²) in [7, 11) is 0. The Kier molecular flexibility index (Phi) is 5.55. The monoisotopic (exact) mass is 372 g/mol. The zero-order valence-corrected chi connectivity index (χ0v) is 15.3. The Bertz CT molecular complexity index is 510. The number of hydrogen-bond acceptors (Lipinski definition) is 4. The van der Waals surface area contributed by atoms with Gasteiger partial charge in [-0.25, -0.2) is 4.79 Å². The molecule has 1 amide bonds. The number of likely N-dealkylation sites (tertiary alicyclic amines) is 1. The normalized spacial score (nSPS) is 20.8. The first-order valence-electron chi connectivity index (χ1n) is 7.74. The van der Waals surface area contributed by atoms with Crippen molar-refractivity contribution in [3.63, 3.8) is 0 Å². The van der Waals surface area contributed by atoms with Crippen molar-refractivity contribution in [2.75, 3.05) is 13.1 Å². The number of carbonyl (C=O) groups excluding carboxylic acids is 1. The molecule has 0 bridgehead atoms. The molecular weight excluding hydrogens is 348 g/mol. The second-order valence-electron chi connectivity index (χ2n) is 6.80. The molecule has 5 nitrogen and oxygen atoms in total. The standard InChI is InChI=1S/C16H25BrN2O3/c1-11(13-7-8-14(17)21-13)18-12-6-5-9-19(10-12)15(20)22-16(2,3)4/h7-8,11-12,18H,5-6,9-10H2,1-4H3. The molecule has 0 spiro atoms. The lowest BCUT2D eigenvalue weighted by Gasteiger charge is -2.35. The van der Waals surface area contributed by atoms with Crippen LogP contribution in [0.5, 0.6) is 0 Å². The lowest BCUT2D eigenvalue weighted by atomic mass is 10.0. The maximum Gasteiger partial charge on any atom is 0.410 e. The van der Waals surface area contributed by atoms with Crippen molar-refractivity contribution < 1.29 is 13.9 Å². The SMILES string of the molecule is CC(NC1CCCN(C(=O)OC(C)(C)C)C1)c1ccc(Br)o1. The molecule has 0 aliphatic carbocycles. The number of nitrogens with zero attached hydrogens (tertiary/aromatic N) is 1. The van der Waals surface area contributed by atoms with Crippen molar-refractivity contribution in [1.29, 1.82) is 0 Å². The first kappa shape index (κ1) is 17.3. The third-order valence-electron chi connectivity index (χ3n) is 3.58. The van der Waals surface area contributed by atoms with E-state index in [2.05, 4.69) is 28.2 Å². The third-order valence-corrected chi connectivity index (χ3v) is 4.01. The minimum absolute atomic E-state index is 0.106. The van der Waals surface area contributed by atoms with Crippen LogP contribution in [0.25, 0.3) is 0 Å². The highest BCUT2D eigenvalue weighted by Gasteiger charge is 2.28. The average molecular weight is 373 g/mol. The summed E-state index contributed by atoms with van der Waals surface area (Å²) in [6.45, 7) is 9.16. The summed E-state index contributed by atoms with van der Waals surface area (Å²) in [5, 5.41) is 3.53. The number of rotatable bonds is 3. The Labute approximate surface area is 140 Å². The van der Waals surface area contributed by atoms with Crippen LogP contribution < -0.4 is 5.32 Å². The third kappa shape index (κ3) is 5.02. The Morgan fingerprint density at radius 2 is 2.23 bits per heavy atom. The second kappa shape index (κ2) is 7.04. The molecule has 0 aromatic carbocycles. The molecule has 1 N–H and O–H groups in total. The molecule has 1 saturated heterocycles.